The van der Waals surface area contributed by atoms with Crippen LogP contribution in [0.4, 0.5) is 4.39 Å². The van der Waals surface area contributed by atoms with Gasteiger partial charge in [-0.1, -0.05) is 0 Å². The van der Waals surface area contributed by atoms with E-state index < -0.39 is 29.1 Å². The minimum atomic E-state index is -1.25. The summed E-state index contributed by atoms with van der Waals surface area (Å²) in [7, 11) is 0. The molecule has 0 radical (unpaired) electrons. The molecule has 0 saturated heterocycles. The van der Waals surface area contributed by atoms with Crippen molar-refractivity contribution in [2.75, 3.05) is 0 Å². The van der Waals surface area contributed by atoms with Crippen molar-refractivity contribution in [2.45, 2.75) is 19.6 Å². The lowest BCUT2D eigenvalue weighted by atomic mass is 10.1. The first kappa shape index (κ1) is 11.6. The van der Waals surface area contributed by atoms with Gasteiger partial charge in [-0.3, -0.25) is 0 Å². The van der Waals surface area contributed by atoms with Gasteiger partial charge in [-0.15, -0.1) is 0 Å². The molecule has 100 valence electrons. The van der Waals surface area contributed by atoms with E-state index in [1.165, 1.54) is 13.8 Å². The maximum atomic E-state index is 13.3. The maximum absolute atomic E-state index is 13.3. The Morgan fingerprint density at radius 1 is 1.26 bits per heavy atom. The second kappa shape index (κ2) is 3.31. The summed E-state index contributed by atoms with van der Waals surface area (Å²) in [6, 6.07) is 0.681. The van der Waals surface area contributed by atoms with Gasteiger partial charge in [-0.05, 0) is 0 Å². The third-order valence-corrected chi connectivity index (χ3v) is 2.72. The van der Waals surface area contributed by atoms with E-state index in [9.17, 15) is 19.4 Å². The first-order chi connectivity index (χ1) is 8.80. The molecule has 3 rings (SSSR count). The van der Waals surface area contributed by atoms with Gasteiger partial charge < -0.3 is 24.1 Å². The number of hydrogen-bond acceptors (Lipinski definition) is 6. The number of carbonyl (C=O) groups excluding carboxylic acids is 1. The number of esters is 1. The Kier molecular flexibility index (Phi) is 2.03. The number of aromatic hydroxyl groups is 2. The molecule has 2 heterocycles. The Labute approximate surface area is 106 Å². The number of phenols is 2. The van der Waals surface area contributed by atoms with Crippen LogP contribution in [0.25, 0.3) is 11.0 Å². The molecule has 0 unspecified atom stereocenters. The number of hydrogen-bond donors (Lipinski definition) is 2. The Bertz CT molecular complexity index is 715. The van der Waals surface area contributed by atoms with Crippen molar-refractivity contribution in [3.63, 3.8) is 0 Å². The molecule has 7 heteroatoms. The third-order valence-electron chi connectivity index (χ3n) is 2.72. The molecule has 0 fully saturated rings. The van der Waals surface area contributed by atoms with Crippen molar-refractivity contribution >= 4 is 16.9 Å². The molecule has 0 amide bonds. The van der Waals surface area contributed by atoms with Crippen LogP contribution in [-0.2, 0) is 4.74 Å². The van der Waals surface area contributed by atoms with Crippen LogP contribution in [-0.4, -0.2) is 22.0 Å². The monoisotopic (exact) mass is 268 g/mol. The lowest BCUT2D eigenvalue weighted by Crippen LogP contribution is -2.38. The zero-order chi connectivity index (χ0) is 13.9. The van der Waals surface area contributed by atoms with E-state index in [0.29, 0.717) is 6.07 Å². The Balaban J connectivity index is 2.39. The van der Waals surface area contributed by atoms with Gasteiger partial charge in [0.25, 0.3) is 5.79 Å². The van der Waals surface area contributed by atoms with Crippen LogP contribution in [0.2, 0.25) is 0 Å². The number of ether oxygens (including phenoxy) is 2. The van der Waals surface area contributed by atoms with Gasteiger partial charge in [0.2, 0.25) is 0 Å². The average molecular weight is 268 g/mol. The molecular weight excluding hydrogens is 259 g/mol. The average Bonchev–Trinajstić information content (AvgIpc) is 2.64. The number of cyclic esters (lactones) is 1. The normalized spacial score (nSPS) is 16.9. The summed E-state index contributed by atoms with van der Waals surface area (Å²) in [5.41, 5.74) is -0.542. The van der Waals surface area contributed by atoms with Crippen LogP contribution in [0.15, 0.2) is 10.5 Å². The van der Waals surface area contributed by atoms with E-state index in [1.807, 2.05) is 0 Å². The standard InChI is InChI=1S/C12H9FO6/c1-12(2)18-10(16)7-6-5(14)3-4(13)8(15)9(6)17-11(7)19-12/h3,14-15H,1-2H3. The van der Waals surface area contributed by atoms with Gasteiger partial charge in [0.1, 0.15) is 5.75 Å². The molecule has 0 bridgehead atoms. The van der Waals surface area contributed by atoms with Crippen LogP contribution in [0.3, 0.4) is 0 Å². The number of benzene rings is 1. The van der Waals surface area contributed by atoms with Gasteiger partial charge >= 0.3 is 11.9 Å². The van der Waals surface area contributed by atoms with E-state index in [1.54, 1.807) is 0 Å². The number of phenolic OH excluding ortho intramolecular Hbond substituents is 2. The molecule has 0 spiro atoms. The predicted molar refractivity (Wildman–Crippen MR) is 59.6 cm³/mol. The summed E-state index contributed by atoms with van der Waals surface area (Å²) in [5.74, 6) is -4.68. The van der Waals surface area contributed by atoms with Crippen molar-refractivity contribution in [3.05, 3.63) is 17.4 Å². The van der Waals surface area contributed by atoms with E-state index in [4.69, 9.17) is 13.9 Å². The van der Waals surface area contributed by atoms with Gasteiger partial charge in [-0.2, -0.15) is 0 Å². The van der Waals surface area contributed by atoms with Crippen LogP contribution >= 0.6 is 0 Å². The molecule has 6 nitrogen and oxygen atoms in total. The largest absolute Gasteiger partial charge is 0.507 e. The van der Waals surface area contributed by atoms with Gasteiger partial charge in [0.05, 0.1) is 5.39 Å². The second-order valence-corrected chi connectivity index (χ2v) is 4.59. The molecule has 1 aromatic carbocycles. The summed E-state index contributed by atoms with van der Waals surface area (Å²) in [4.78, 5) is 11.9. The molecule has 2 N–H and O–H groups in total. The quantitative estimate of drug-likeness (QED) is 0.562. The number of furan rings is 1. The molecular formula is C12H9FO6. The lowest BCUT2D eigenvalue weighted by Gasteiger charge is -2.28. The molecule has 1 aliphatic heterocycles. The van der Waals surface area contributed by atoms with E-state index in [0.717, 1.165) is 0 Å². The summed E-state index contributed by atoms with van der Waals surface area (Å²) in [6.07, 6.45) is 0. The first-order valence-electron chi connectivity index (χ1n) is 5.39. The first-order valence-corrected chi connectivity index (χ1v) is 5.39. The van der Waals surface area contributed by atoms with E-state index in [2.05, 4.69) is 0 Å². The third kappa shape index (κ3) is 1.51. The number of fused-ring (bicyclic) bond motifs is 3. The van der Waals surface area contributed by atoms with Crippen molar-refractivity contribution in [3.8, 4) is 17.4 Å². The zero-order valence-corrected chi connectivity index (χ0v) is 9.98. The highest BCUT2D eigenvalue weighted by atomic mass is 19.1. The maximum Gasteiger partial charge on any atom is 0.349 e. The van der Waals surface area contributed by atoms with Crippen molar-refractivity contribution in [1.82, 2.24) is 0 Å². The molecule has 1 aliphatic rings. The molecule has 2 aromatic rings. The number of halogens is 1. The highest BCUT2D eigenvalue weighted by Gasteiger charge is 2.40. The number of rotatable bonds is 0. The minimum absolute atomic E-state index is 0.144. The Hall–Kier alpha value is -2.44. The predicted octanol–water partition coefficient (Wildman–Crippen LogP) is 2.27. The van der Waals surface area contributed by atoms with Crippen LogP contribution in [0, 0.1) is 5.82 Å². The minimum Gasteiger partial charge on any atom is -0.507 e. The highest BCUT2D eigenvalue weighted by molar-refractivity contribution is 6.10. The Morgan fingerprint density at radius 3 is 2.63 bits per heavy atom. The summed E-state index contributed by atoms with van der Waals surface area (Å²) in [6.45, 7) is 2.97. The van der Waals surface area contributed by atoms with E-state index >= 15 is 0 Å². The SMILES string of the molecule is CC1(C)OC(=O)c2c(oc3c(O)c(F)cc(O)c23)O1. The molecule has 0 aliphatic carbocycles. The highest BCUT2D eigenvalue weighted by Crippen LogP contribution is 2.46. The topological polar surface area (TPSA) is 89.1 Å². The fourth-order valence-corrected chi connectivity index (χ4v) is 1.97. The molecule has 19 heavy (non-hydrogen) atoms. The van der Waals surface area contributed by atoms with Crippen molar-refractivity contribution in [2.24, 2.45) is 0 Å². The zero-order valence-electron chi connectivity index (χ0n) is 9.98. The fraction of sp³-hybridized carbons (Fsp3) is 0.250. The molecule has 1 aromatic heterocycles. The number of carbonyl (C=O) groups is 1. The van der Waals surface area contributed by atoms with Crippen LogP contribution in [0.1, 0.15) is 24.2 Å². The summed E-state index contributed by atoms with van der Waals surface area (Å²) in [5, 5.41) is 19.1. The summed E-state index contributed by atoms with van der Waals surface area (Å²) >= 11 is 0. The fourth-order valence-electron chi connectivity index (χ4n) is 1.97. The smallest absolute Gasteiger partial charge is 0.349 e. The van der Waals surface area contributed by atoms with E-state index in [-0.39, 0.29) is 22.5 Å². The van der Waals surface area contributed by atoms with Gasteiger partial charge in [0, 0.05) is 19.9 Å². The van der Waals surface area contributed by atoms with Crippen molar-refractivity contribution < 1.29 is 33.3 Å². The van der Waals surface area contributed by atoms with Gasteiger partial charge in [-0.25, -0.2) is 9.18 Å². The Morgan fingerprint density at radius 2 is 1.95 bits per heavy atom. The lowest BCUT2D eigenvalue weighted by molar-refractivity contribution is -0.136. The van der Waals surface area contributed by atoms with Crippen LogP contribution < -0.4 is 4.74 Å². The van der Waals surface area contributed by atoms with Gasteiger partial charge in [0.15, 0.2) is 22.7 Å². The van der Waals surface area contributed by atoms with Crippen LogP contribution in [0.5, 0.6) is 17.4 Å². The second-order valence-electron chi connectivity index (χ2n) is 4.59. The molecule has 0 atom stereocenters. The summed E-state index contributed by atoms with van der Waals surface area (Å²) < 4.78 is 28.7. The molecule has 0 saturated carbocycles. The van der Waals surface area contributed by atoms with Crippen molar-refractivity contribution in [1.29, 1.82) is 0 Å².